The van der Waals surface area contributed by atoms with E-state index in [9.17, 15) is 9.18 Å². The molecule has 6 nitrogen and oxygen atoms in total. The van der Waals surface area contributed by atoms with Crippen LogP contribution in [0.2, 0.25) is 0 Å². The van der Waals surface area contributed by atoms with Crippen LogP contribution in [0.1, 0.15) is 31.0 Å². The molecule has 0 saturated heterocycles. The predicted octanol–water partition coefficient (Wildman–Crippen LogP) is 3.13. The van der Waals surface area contributed by atoms with Gasteiger partial charge in [0.1, 0.15) is 17.5 Å². The summed E-state index contributed by atoms with van der Waals surface area (Å²) < 4.78 is 13.0. The maximum atomic E-state index is 13.0. The lowest BCUT2D eigenvalue weighted by atomic mass is 9.77. The Labute approximate surface area is 158 Å². The van der Waals surface area contributed by atoms with Crippen molar-refractivity contribution < 1.29 is 9.18 Å². The molecule has 2 aromatic rings. The van der Waals surface area contributed by atoms with Crippen molar-refractivity contribution in [3.05, 3.63) is 41.3 Å². The largest absolute Gasteiger partial charge is 0.351 e. The number of aromatic nitrogens is 2. The first-order valence-electron chi connectivity index (χ1n) is 9.34. The van der Waals surface area contributed by atoms with Gasteiger partial charge in [-0.2, -0.15) is 4.98 Å². The number of likely N-dealkylation sites (N-methyl/N-ethyl adjacent to an activating group) is 1. The molecular weight excluding hydrogens is 345 g/mol. The number of carbonyl (C=O) groups excluding carboxylic acids is 1. The Kier molecular flexibility index (Phi) is 4.45. The highest BCUT2D eigenvalue weighted by Gasteiger charge is 2.32. The third-order valence-corrected chi connectivity index (χ3v) is 5.62. The quantitative estimate of drug-likeness (QED) is 0.866. The maximum absolute atomic E-state index is 13.0. The summed E-state index contributed by atoms with van der Waals surface area (Å²) in [5.74, 6) is 1.71. The van der Waals surface area contributed by atoms with Gasteiger partial charge < -0.3 is 15.5 Å². The van der Waals surface area contributed by atoms with Crippen LogP contribution in [0.4, 0.5) is 21.8 Å². The number of hydrogen-bond acceptors (Lipinski definition) is 5. The Balaban J connectivity index is 1.39. The minimum absolute atomic E-state index is 0.0416. The first-order valence-corrected chi connectivity index (χ1v) is 9.34. The molecule has 2 N–H and O–H groups in total. The Morgan fingerprint density at radius 1 is 1.26 bits per heavy atom. The highest BCUT2D eigenvalue weighted by Crippen LogP contribution is 2.35. The number of rotatable bonds is 4. The molecule has 7 heteroatoms. The molecule has 1 aliphatic heterocycles. The van der Waals surface area contributed by atoms with Crippen molar-refractivity contribution in [2.75, 3.05) is 22.6 Å². The number of amides is 1. The van der Waals surface area contributed by atoms with Crippen LogP contribution in [0.5, 0.6) is 0 Å². The van der Waals surface area contributed by atoms with Gasteiger partial charge in [-0.15, -0.1) is 0 Å². The van der Waals surface area contributed by atoms with E-state index in [-0.39, 0.29) is 17.8 Å². The van der Waals surface area contributed by atoms with E-state index in [1.807, 2.05) is 37.9 Å². The van der Waals surface area contributed by atoms with Crippen molar-refractivity contribution in [3.63, 3.8) is 0 Å². The van der Waals surface area contributed by atoms with Crippen LogP contribution in [0.3, 0.4) is 0 Å². The van der Waals surface area contributed by atoms with E-state index in [0.29, 0.717) is 23.6 Å². The molecule has 2 heterocycles. The molecule has 142 valence electrons. The molecule has 1 saturated carbocycles. The van der Waals surface area contributed by atoms with E-state index >= 15 is 0 Å². The van der Waals surface area contributed by atoms with Crippen molar-refractivity contribution in [3.8, 4) is 0 Å². The summed E-state index contributed by atoms with van der Waals surface area (Å²) >= 11 is 0. The Morgan fingerprint density at radius 2 is 1.96 bits per heavy atom. The van der Waals surface area contributed by atoms with Gasteiger partial charge in [-0.05, 0) is 56.7 Å². The number of halogens is 1. The summed E-state index contributed by atoms with van der Waals surface area (Å²) in [6.45, 7) is 3.74. The number of carbonyl (C=O) groups is 1. The van der Waals surface area contributed by atoms with E-state index in [1.165, 1.54) is 17.7 Å². The van der Waals surface area contributed by atoms with Gasteiger partial charge >= 0.3 is 0 Å². The molecule has 1 fully saturated rings. The van der Waals surface area contributed by atoms with E-state index < -0.39 is 0 Å². The second-order valence-electron chi connectivity index (χ2n) is 7.62. The number of hydrogen-bond donors (Lipinski definition) is 2. The fourth-order valence-electron chi connectivity index (χ4n) is 3.77. The molecule has 4 rings (SSSR count). The average molecular weight is 369 g/mol. The number of aryl methyl sites for hydroxylation is 1. The standard InChI is InChI=1S/C20H24FN5O/c1-11-17-18(26(3)12(2)19(27)24-17)25-20(22-11)23-16-9-14(10-16)8-13-4-6-15(21)7-5-13/h4-7,12,14,16H,8-10H2,1-3H3,(H,24,27)(H,22,23,25)/t12-,14?,16?/m0/s1. The maximum Gasteiger partial charge on any atom is 0.246 e. The van der Waals surface area contributed by atoms with Gasteiger partial charge in [0, 0.05) is 13.1 Å². The lowest BCUT2D eigenvalue weighted by Crippen LogP contribution is -2.45. The van der Waals surface area contributed by atoms with Gasteiger partial charge in [0.15, 0.2) is 5.82 Å². The third kappa shape index (κ3) is 3.46. The third-order valence-electron chi connectivity index (χ3n) is 5.62. The van der Waals surface area contributed by atoms with Crippen molar-refractivity contribution in [1.29, 1.82) is 0 Å². The van der Waals surface area contributed by atoms with E-state index in [0.717, 1.165) is 30.8 Å². The number of fused-ring (bicyclic) bond motifs is 1. The number of benzene rings is 1. The second kappa shape index (κ2) is 6.79. The zero-order valence-corrected chi connectivity index (χ0v) is 15.8. The zero-order valence-electron chi connectivity index (χ0n) is 15.8. The Bertz CT molecular complexity index is 863. The highest BCUT2D eigenvalue weighted by molar-refractivity contribution is 6.03. The number of nitrogens with one attached hydrogen (secondary N) is 2. The molecular formula is C20H24FN5O. The van der Waals surface area contributed by atoms with Crippen LogP contribution in [0.25, 0.3) is 0 Å². The van der Waals surface area contributed by atoms with Gasteiger partial charge in [-0.3, -0.25) is 4.79 Å². The van der Waals surface area contributed by atoms with Crippen LogP contribution in [-0.4, -0.2) is 35.0 Å². The summed E-state index contributed by atoms with van der Waals surface area (Å²) in [6.07, 6.45) is 3.05. The van der Waals surface area contributed by atoms with Gasteiger partial charge in [0.05, 0.1) is 5.69 Å². The lowest BCUT2D eigenvalue weighted by Gasteiger charge is -2.37. The molecule has 1 aliphatic carbocycles. The zero-order chi connectivity index (χ0) is 19.1. The Hall–Kier alpha value is -2.70. The average Bonchev–Trinajstić information content (AvgIpc) is 2.61. The first kappa shape index (κ1) is 17.7. The van der Waals surface area contributed by atoms with Crippen LogP contribution in [-0.2, 0) is 11.2 Å². The second-order valence-corrected chi connectivity index (χ2v) is 7.62. The van der Waals surface area contributed by atoms with Gasteiger partial charge in [0.2, 0.25) is 11.9 Å². The first-order chi connectivity index (χ1) is 12.9. The smallest absolute Gasteiger partial charge is 0.246 e. The van der Waals surface area contributed by atoms with Gasteiger partial charge in [0.25, 0.3) is 0 Å². The molecule has 0 radical (unpaired) electrons. The van der Waals surface area contributed by atoms with Crippen LogP contribution in [0.15, 0.2) is 24.3 Å². The van der Waals surface area contributed by atoms with Gasteiger partial charge in [-0.25, -0.2) is 9.37 Å². The minimum Gasteiger partial charge on any atom is -0.351 e. The van der Waals surface area contributed by atoms with E-state index in [4.69, 9.17) is 0 Å². The summed E-state index contributed by atoms with van der Waals surface area (Å²) in [4.78, 5) is 23.0. The lowest BCUT2D eigenvalue weighted by molar-refractivity contribution is -0.117. The summed E-state index contributed by atoms with van der Waals surface area (Å²) in [6, 6.07) is 6.83. The minimum atomic E-state index is -0.261. The molecule has 1 aromatic carbocycles. The fourth-order valence-corrected chi connectivity index (χ4v) is 3.77. The summed E-state index contributed by atoms with van der Waals surface area (Å²) in [5.41, 5.74) is 2.62. The van der Waals surface area contributed by atoms with Crippen molar-refractivity contribution >= 4 is 23.4 Å². The molecule has 0 spiro atoms. The highest BCUT2D eigenvalue weighted by atomic mass is 19.1. The monoisotopic (exact) mass is 369 g/mol. The van der Waals surface area contributed by atoms with E-state index in [2.05, 4.69) is 20.6 Å². The SMILES string of the molecule is Cc1nc(NC2CC(Cc3ccc(F)cc3)C2)nc2c1NC(=O)[C@H](C)N2C. The normalized spacial score (nSPS) is 24.1. The molecule has 27 heavy (non-hydrogen) atoms. The molecule has 0 bridgehead atoms. The molecule has 1 amide bonds. The molecule has 0 unspecified atom stereocenters. The summed E-state index contributed by atoms with van der Waals surface area (Å²) in [5, 5.41) is 6.31. The Morgan fingerprint density at radius 3 is 2.67 bits per heavy atom. The predicted molar refractivity (Wildman–Crippen MR) is 104 cm³/mol. The van der Waals surface area contributed by atoms with Crippen LogP contribution in [0, 0.1) is 18.7 Å². The summed E-state index contributed by atoms with van der Waals surface area (Å²) in [7, 11) is 1.88. The molecule has 1 aromatic heterocycles. The van der Waals surface area contributed by atoms with Gasteiger partial charge in [-0.1, -0.05) is 12.1 Å². The number of nitrogens with zero attached hydrogens (tertiary/aromatic N) is 3. The van der Waals surface area contributed by atoms with Crippen molar-refractivity contribution in [2.45, 2.75) is 45.2 Å². The fraction of sp³-hybridized carbons (Fsp3) is 0.450. The van der Waals surface area contributed by atoms with Crippen molar-refractivity contribution in [2.24, 2.45) is 5.92 Å². The molecule has 1 atom stereocenters. The topological polar surface area (TPSA) is 70.1 Å². The molecule has 2 aliphatic rings. The van der Waals surface area contributed by atoms with Crippen molar-refractivity contribution in [1.82, 2.24) is 9.97 Å². The van der Waals surface area contributed by atoms with E-state index in [1.54, 1.807) is 0 Å². The van der Waals surface area contributed by atoms with Crippen LogP contribution >= 0.6 is 0 Å². The number of anilines is 3. The van der Waals surface area contributed by atoms with Crippen LogP contribution < -0.4 is 15.5 Å².